The number of alkyl halides is 1. The zero-order chi connectivity index (χ0) is 13.7. The molecule has 0 spiro atoms. The largest absolute Gasteiger partial charge is 0.0842 e. The van der Waals surface area contributed by atoms with Crippen LogP contribution in [0.2, 0.25) is 0 Å². The molecule has 0 amide bonds. The molecule has 0 saturated carbocycles. The summed E-state index contributed by atoms with van der Waals surface area (Å²) in [6.45, 7) is 0. The number of rotatable bonds is 0. The molecule has 100 valence electrons. The Morgan fingerprint density at radius 3 is 2.70 bits per heavy atom. The van der Waals surface area contributed by atoms with Crippen LogP contribution in [-0.4, -0.2) is 4.83 Å². The molecule has 20 heavy (non-hydrogen) atoms. The number of aryl methyl sites for hydroxylation is 1. The monoisotopic (exact) mass is 388 g/mol. The maximum atomic E-state index is 3.73. The average Bonchev–Trinajstić information content (AvgIpc) is 2.47. The van der Waals surface area contributed by atoms with E-state index in [1.54, 1.807) is 5.57 Å². The summed E-state index contributed by atoms with van der Waals surface area (Å²) in [4.78, 5) is 0.504. The number of benzene rings is 2. The second kappa shape index (κ2) is 4.85. The average molecular weight is 390 g/mol. The van der Waals surface area contributed by atoms with E-state index in [0.717, 1.165) is 12.8 Å². The highest BCUT2D eigenvalue weighted by Crippen LogP contribution is 2.43. The molecule has 1 atom stereocenters. The second-order valence-electron chi connectivity index (χ2n) is 5.53. The molecule has 0 aromatic heterocycles. The van der Waals surface area contributed by atoms with E-state index in [2.05, 4.69) is 74.3 Å². The van der Waals surface area contributed by atoms with Crippen LogP contribution in [0.3, 0.4) is 0 Å². The Morgan fingerprint density at radius 1 is 1.05 bits per heavy atom. The summed E-state index contributed by atoms with van der Waals surface area (Å²) < 4.78 is 1.22. The van der Waals surface area contributed by atoms with Gasteiger partial charge in [0.05, 0.1) is 0 Å². The first-order valence-electron chi connectivity index (χ1n) is 6.99. The normalized spacial score (nSPS) is 21.0. The van der Waals surface area contributed by atoms with E-state index in [1.807, 2.05) is 0 Å². The highest BCUT2D eigenvalue weighted by molar-refractivity contribution is 9.10. The van der Waals surface area contributed by atoms with Gasteiger partial charge in [-0.05, 0) is 52.8 Å². The first-order valence-corrected chi connectivity index (χ1v) is 8.69. The fourth-order valence-electron chi connectivity index (χ4n) is 3.41. The number of hydrogen-bond donors (Lipinski definition) is 0. The Kier molecular flexibility index (Phi) is 3.12. The van der Waals surface area contributed by atoms with Gasteiger partial charge in [0.25, 0.3) is 0 Å². The third-order valence-corrected chi connectivity index (χ3v) is 5.62. The molecule has 1 unspecified atom stereocenters. The van der Waals surface area contributed by atoms with E-state index >= 15 is 0 Å². The molecule has 0 saturated heterocycles. The van der Waals surface area contributed by atoms with Crippen LogP contribution in [-0.2, 0) is 6.42 Å². The van der Waals surface area contributed by atoms with Crippen molar-refractivity contribution in [2.24, 2.45) is 0 Å². The van der Waals surface area contributed by atoms with Crippen LogP contribution >= 0.6 is 31.9 Å². The molecular formula is C18H14Br2. The molecule has 2 aliphatic carbocycles. The first kappa shape index (κ1) is 12.8. The van der Waals surface area contributed by atoms with Crippen LogP contribution in [0.5, 0.6) is 0 Å². The van der Waals surface area contributed by atoms with Crippen molar-refractivity contribution in [3.05, 3.63) is 63.7 Å². The lowest BCUT2D eigenvalue weighted by Crippen LogP contribution is -2.11. The van der Waals surface area contributed by atoms with Gasteiger partial charge in [0.2, 0.25) is 0 Å². The second-order valence-corrected chi connectivity index (χ2v) is 7.57. The van der Waals surface area contributed by atoms with E-state index in [0.29, 0.717) is 4.83 Å². The fraction of sp³-hybridized carbons (Fsp3) is 0.222. The molecule has 2 aromatic rings. The van der Waals surface area contributed by atoms with Crippen LogP contribution in [0.25, 0.3) is 16.3 Å². The zero-order valence-corrected chi connectivity index (χ0v) is 14.2. The van der Waals surface area contributed by atoms with Crippen molar-refractivity contribution in [3.63, 3.8) is 0 Å². The zero-order valence-electron chi connectivity index (χ0n) is 11.0. The van der Waals surface area contributed by atoms with Crippen LogP contribution < -0.4 is 0 Å². The Hall–Kier alpha value is -0.860. The topological polar surface area (TPSA) is 0 Å². The van der Waals surface area contributed by atoms with Gasteiger partial charge in [0.1, 0.15) is 0 Å². The summed E-state index contributed by atoms with van der Waals surface area (Å²) in [7, 11) is 0. The van der Waals surface area contributed by atoms with Crippen molar-refractivity contribution in [2.75, 3.05) is 0 Å². The van der Waals surface area contributed by atoms with Crippen LogP contribution in [0.15, 0.2) is 52.5 Å². The van der Waals surface area contributed by atoms with E-state index < -0.39 is 0 Å². The van der Waals surface area contributed by atoms with Gasteiger partial charge in [0.15, 0.2) is 0 Å². The molecule has 0 heterocycles. The maximum Gasteiger partial charge on any atom is 0.0366 e. The summed E-state index contributed by atoms with van der Waals surface area (Å²) in [6, 6.07) is 11.0. The molecule has 4 rings (SSSR count). The van der Waals surface area contributed by atoms with Crippen molar-refractivity contribution in [2.45, 2.75) is 24.1 Å². The molecule has 0 N–H and O–H groups in total. The van der Waals surface area contributed by atoms with Gasteiger partial charge in [-0.1, -0.05) is 73.9 Å². The minimum Gasteiger partial charge on any atom is -0.0842 e. The predicted octanol–water partition coefficient (Wildman–Crippen LogP) is 6.03. The van der Waals surface area contributed by atoms with Gasteiger partial charge in [0, 0.05) is 9.30 Å². The Labute approximate surface area is 135 Å². The third kappa shape index (κ3) is 1.93. The van der Waals surface area contributed by atoms with Gasteiger partial charge >= 0.3 is 0 Å². The Morgan fingerprint density at radius 2 is 1.85 bits per heavy atom. The van der Waals surface area contributed by atoms with Crippen LogP contribution in [0.4, 0.5) is 0 Å². The number of allylic oxidation sites excluding steroid dienone is 4. The molecule has 0 aliphatic heterocycles. The standard InChI is InChI=1S/C18H14Br2/c19-13-7-8-14-11(9-13)5-6-12-10-17(20)15-3-1-2-4-16(15)18(12)14/h1-4,7-8,10,13H,5-6,9H2. The van der Waals surface area contributed by atoms with E-state index in [1.165, 1.54) is 38.4 Å². The van der Waals surface area contributed by atoms with Crippen molar-refractivity contribution >= 4 is 48.2 Å². The molecular weight excluding hydrogens is 376 g/mol. The molecule has 2 aromatic carbocycles. The lowest BCUT2D eigenvalue weighted by molar-refractivity contribution is 0.840. The van der Waals surface area contributed by atoms with Crippen LogP contribution in [0, 0.1) is 0 Å². The van der Waals surface area contributed by atoms with Crippen molar-refractivity contribution < 1.29 is 0 Å². The van der Waals surface area contributed by atoms with E-state index in [4.69, 9.17) is 0 Å². The Balaban J connectivity index is 2.05. The summed E-state index contributed by atoms with van der Waals surface area (Å²) in [5, 5.41) is 2.69. The number of halogens is 2. The highest BCUT2D eigenvalue weighted by Gasteiger charge is 2.24. The minimum absolute atomic E-state index is 0.504. The molecule has 0 radical (unpaired) electrons. The summed E-state index contributed by atoms with van der Waals surface area (Å²) in [5.41, 5.74) is 6.01. The van der Waals surface area contributed by atoms with Crippen molar-refractivity contribution in [1.82, 2.24) is 0 Å². The third-order valence-electron chi connectivity index (χ3n) is 4.34. The molecule has 0 nitrogen and oxygen atoms in total. The lowest BCUT2D eigenvalue weighted by atomic mass is 9.79. The Bertz CT molecular complexity index is 768. The van der Waals surface area contributed by atoms with Gasteiger partial charge in [-0.25, -0.2) is 0 Å². The first-order chi connectivity index (χ1) is 9.74. The van der Waals surface area contributed by atoms with Gasteiger partial charge in [-0.2, -0.15) is 0 Å². The van der Waals surface area contributed by atoms with Crippen molar-refractivity contribution in [1.29, 1.82) is 0 Å². The predicted molar refractivity (Wildman–Crippen MR) is 93.4 cm³/mol. The number of hydrogen-bond acceptors (Lipinski definition) is 0. The SMILES string of the molecule is Brc1cc2c(c3ccccc13)C1=C(CC2)CC(Br)C=C1. The highest BCUT2D eigenvalue weighted by atomic mass is 79.9. The molecule has 0 bridgehead atoms. The van der Waals surface area contributed by atoms with Gasteiger partial charge < -0.3 is 0 Å². The summed E-state index contributed by atoms with van der Waals surface area (Å²) in [6.07, 6.45) is 8.10. The van der Waals surface area contributed by atoms with E-state index in [9.17, 15) is 0 Å². The van der Waals surface area contributed by atoms with Gasteiger partial charge in [-0.15, -0.1) is 0 Å². The molecule has 0 fully saturated rings. The number of fused-ring (bicyclic) bond motifs is 4. The quantitative estimate of drug-likeness (QED) is 0.483. The summed E-state index contributed by atoms with van der Waals surface area (Å²) >= 11 is 7.46. The molecule has 2 heteroatoms. The molecule has 2 aliphatic rings. The van der Waals surface area contributed by atoms with E-state index in [-0.39, 0.29) is 0 Å². The maximum absolute atomic E-state index is 3.73. The smallest absolute Gasteiger partial charge is 0.0366 e. The van der Waals surface area contributed by atoms with Gasteiger partial charge in [-0.3, -0.25) is 0 Å². The van der Waals surface area contributed by atoms with Crippen molar-refractivity contribution in [3.8, 4) is 0 Å². The fourth-order valence-corrected chi connectivity index (χ4v) is 4.58. The minimum atomic E-state index is 0.504. The van der Waals surface area contributed by atoms with Crippen LogP contribution in [0.1, 0.15) is 24.0 Å². The summed E-state index contributed by atoms with van der Waals surface area (Å²) in [5.74, 6) is 0. The lowest BCUT2D eigenvalue weighted by Gasteiger charge is -2.27.